The third kappa shape index (κ3) is 19.3. The zero-order valence-electron chi connectivity index (χ0n) is 36.7. The molecule has 0 aromatic carbocycles. The molecule has 3 fully saturated rings. The second-order valence-electron chi connectivity index (χ2n) is 18.2. The van der Waals surface area contributed by atoms with E-state index >= 15 is 0 Å². The van der Waals surface area contributed by atoms with Crippen molar-refractivity contribution in [2.45, 2.75) is 250 Å². The summed E-state index contributed by atoms with van der Waals surface area (Å²) in [5, 5.41) is 7.22. The summed E-state index contributed by atoms with van der Waals surface area (Å²) in [4.78, 5) is 0. The molecule has 2 N–H and O–H groups in total. The van der Waals surface area contributed by atoms with Crippen LogP contribution in [0.15, 0.2) is 48.6 Å². The Morgan fingerprint density at radius 2 is 0.889 bits per heavy atom. The van der Waals surface area contributed by atoms with Gasteiger partial charge < -0.3 is 15.4 Å². The maximum absolute atomic E-state index is 7.10. The lowest BCUT2D eigenvalue weighted by atomic mass is 9.63. The zero-order chi connectivity index (χ0) is 38.4. The summed E-state index contributed by atoms with van der Waals surface area (Å²) in [6.07, 6.45) is 64.0. The Bertz CT molecular complexity index is 931. The van der Waals surface area contributed by atoms with Crippen molar-refractivity contribution in [3.63, 3.8) is 0 Å². The Kier molecular flexibility index (Phi) is 26.2. The van der Waals surface area contributed by atoms with Gasteiger partial charge in [0, 0.05) is 12.1 Å². The van der Waals surface area contributed by atoms with Gasteiger partial charge in [0.05, 0.1) is 11.7 Å². The minimum absolute atomic E-state index is 0.179. The van der Waals surface area contributed by atoms with Gasteiger partial charge in [-0.2, -0.15) is 0 Å². The second kappa shape index (κ2) is 30.0. The van der Waals surface area contributed by atoms with Gasteiger partial charge in [0.15, 0.2) is 0 Å². The van der Waals surface area contributed by atoms with Crippen LogP contribution in [0.4, 0.5) is 0 Å². The first-order chi connectivity index (χ1) is 26.6. The smallest absolute Gasteiger partial charge is 0.0690 e. The molecule has 3 nitrogen and oxygen atoms in total. The average Bonchev–Trinajstić information content (AvgIpc) is 3.54. The summed E-state index contributed by atoms with van der Waals surface area (Å²) < 4.78 is 7.10. The number of rotatable bonds is 32. The van der Waals surface area contributed by atoms with Crippen LogP contribution in [0.2, 0.25) is 0 Å². The molecule has 4 atom stereocenters. The van der Waals surface area contributed by atoms with Crippen molar-refractivity contribution in [1.82, 2.24) is 10.6 Å². The summed E-state index contributed by atoms with van der Waals surface area (Å²) in [7, 11) is 4.29. The summed E-state index contributed by atoms with van der Waals surface area (Å²) in [6, 6.07) is 1.13. The molecule has 54 heavy (non-hydrogen) atoms. The first-order valence-electron chi connectivity index (χ1n) is 24.2. The molecule has 1 spiro atoms. The quantitative estimate of drug-likeness (QED) is 0.0531. The fraction of sp³-hybridized carbons (Fsp3) is 0.843. The highest BCUT2D eigenvalue weighted by Crippen LogP contribution is 2.55. The Hall–Kier alpha value is -1.16. The molecule has 0 bridgehead atoms. The minimum Gasteiger partial charge on any atom is -0.371 e. The molecular weight excluding hydrogens is 657 g/mol. The average molecular weight is 749 g/mol. The van der Waals surface area contributed by atoms with Crippen molar-refractivity contribution in [2.75, 3.05) is 14.1 Å². The van der Waals surface area contributed by atoms with E-state index in [1.165, 1.54) is 199 Å². The summed E-state index contributed by atoms with van der Waals surface area (Å²) in [5.41, 5.74) is 0.756. The third-order valence-electron chi connectivity index (χ3n) is 13.9. The van der Waals surface area contributed by atoms with Crippen LogP contribution in [0.3, 0.4) is 0 Å². The number of hydrogen-bond donors (Lipinski definition) is 2. The van der Waals surface area contributed by atoms with Gasteiger partial charge in [0.1, 0.15) is 0 Å². The maximum atomic E-state index is 7.10. The SMILES string of the molecule is CCCCC/C=C\C/C=C\CCCCCCCCC1(CCCCCCCC/C=C\C/C=C\CCCCC)CCC2(CC1)C[C@H]1C[C@@H](NC)[C@@H](NC)C[C@@H]1O2. The number of ether oxygens (including phenoxy) is 1. The van der Waals surface area contributed by atoms with E-state index in [9.17, 15) is 0 Å². The van der Waals surface area contributed by atoms with E-state index < -0.39 is 0 Å². The fourth-order valence-electron chi connectivity index (χ4n) is 10.3. The van der Waals surface area contributed by atoms with Gasteiger partial charge in [-0.05, 0) is 147 Å². The number of fused-ring (bicyclic) bond motifs is 1. The number of hydrogen-bond acceptors (Lipinski definition) is 3. The van der Waals surface area contributed by atoms with Crippen molar-refractivity contribution in [3.05, 3.63) is 48.6 Å². The molecule has 2 aliphatic carbocycles. The molecule has 3 rings (SSSR count). The van der Waals surface area contributed by atoms with Crippen molar-refractivity contribution >= 4 is 0 Å². The number of likely N-dealkylation sites (N-methyl/N-ethyl adjacent to an activating group) is 2. The maximum Gasteiger partial charge on any atom is 0.0690 e. The molecule has 312 valence electrons. The van der Waals surface area contributed by atoms with Crippen molar-refractivity contribution in [3.8, 4) is 0 Å². The summed E-state index contributed by atoms with van der Waals surface area (Å²) in [5.74, 6) is 0.750. The van der Waals surface area contributed by atoms with E-state index in [1.54, 1.807) is 0 Å². The standard InChI is InChI=1S/C51H92N2O/c1-5-7-9-11-13-15-17-19-21-23-25-27-29-31-33-35-37-50(38-36-34-32-30-28-26-24-22-20-18-16-14-12-10-8-6-2)39-41-51(42-40-50)45-46-43-47(52-3)48(53-4)44-49(46)54-51/h13-16,19-22,46-49,52-53H,5-12,17-18,23-45H2,1-4H3/b15-13-,16-14-,21-19-,22-20-/t46-,47-,48+,49+/m1/s1. The Balaban J connectivity index is 1.33. The number of unbranched alkanes of at least 4 members (excludes halogenated alkanes) is 18. The van der Waals surface area contributed by atoms with E-state index in [4.69, 9.17) is 4.74 Å². The Morgan fingerprint density at radius 3 is 1.33 bits per heavy atom. The largest absolute Gasteiger partial charge is 0.371 e. The monoisotopic (exact) mass is 749 g/mol. The predicted octanol–water partition coefficient (Wildman–Crippen LogP) is 15.1. The Labute approximate surface area is 337 Å². The van der Waals surface area contributed by atoms with E-state index in [0.717, 1.165) is 18.8 Å². The molecule has 0 aromatic heterocycles. The molecule has 3 heteroatoms. The van der Waals surface area contributed by atoms with Crippen LogP contribution in [0, 0.1) is 11.3 Å². The lowest BCUT2D eigenvalue weighted by Crippen LogP contribution is -2.52. The number of allylic oxidation sites excluding steroid dienone is 8. The zero-order valence-corrected chi connectivity index (χ0v) is 36.7. The third-order valence-corrected chi connectivity index (χ3v) is 13.9. The molecule has 1 saturated heterocycles. The van der Waals surface area contributed by atoms with Gasteiger partial charge in [-0.15, -0.1) is 0 Å². The normalized spacial score (nSPS) is 23.9. The molecule has 2 saturated carbocycles. The van der Waals surface area contributed by atoms with Gasteiger partial charge in [-0.25, -0.2) is 0 Å². The van der Waals surface area contributed by atoms with E-state index in [0.29, 0.717) is 23.6 Å². The highest BCUT2D eigenvalue weighted by Gasteiger charge is 2.53. The molecule has 1 aliphatic heterocycles. The van der Waals surface area contributed by atoms with Crippen LogP contribution in [0.25, 0.3) is 0 Å². The molecular formula is C51H92N2O. The highest BCUT2D eigenvalue weighted by atomic mass is 16.5. The predicted molar refractivity (Wildman–Crippen MR) is 239 cm³/mol. The van der Waals surface area contributed by atoms with Crippen LogP contribution in [-0.2, 0) is 4.74 Å². The summed E-state index contributed by atoms with van der Waals surface area (Å²) >= 11 is 0. The number of nitrogens with one attached hydrogen (secondary N) is 2. The van der Waals surface area contributed by atoms with E-state index in [-0.39, 0.29) is 5.60 Å². The van der Waals surface area contributed by atoms with Crippen molar-refractivity contribution in [1.29, 1.82) is 0 Å². The molecule has 0 amide bonds. The van der Waals surface area contributed by atoms with Gasteiger partial charge in [0.25, 0.3) is 0 Å². The highest BCUT2D eigenvalue weighted by molar-refractivity contribution is 5.05. The van der Waals surface area contributed by atoms with Gasteiger partial charge in [-0.3, -0.25) is 0 Å². The fourth-order valence-corrected chi connectivity index (χ4v) is 10.3. The lowest BCUT2D eigenvalue weighted by Gasteiger charge is -2.45. The summed E-state index contributed by atoms with van der Waals surface area (Å²) in [6.45, 7) is 4.56. The first kappa shape index (κ1) is 47.2. The topological polar surface area (TPSA) is 33.3 Å². The van der Waals surface area contributed by atoms with Crippen LogP contribution in [0.1, 0.15) is 226 Å². The van der Waals surface area contributed by atoms with Crippen LogP contribution in [0.5, 0.6) is 0 Å². The van der Waals surface area contributed by atoms with Gasteiger partial charge in [-0.1, -0.05) is 152 Å². The van der Waals surface area contributed by atoms with Crippen LogP contribution >= 0.6 is 0 Å². The van der Waals surface area contributed by atoms with Gasteiger partial charge >= 0.3 is 0 Å². The van der Waals surface area contributed by atoms with Crippen LogP contribution in [-0.4, -0.2) is 37.9 Å². The lowest BCUT2D eigenvalue weighted by molar-refractivity contribution is -0.0977. The second-order valence-corrected chi connectivity index (χ2v) is 18.2. The van der Waals surface area contributed by atoms with E-state index in [1.807, 2.05) is 0 Å². The Morgan fingerprint density at radius 1 is 0.481 bits per heavy atom. The van der Waals surface area contributed by atoms with Gasteiger partial charge in [0.2, 0.25) is 0 Å². The van der Waals surface area contributed by atoms with Crippen molar-refractivity contribution in [2.24, 2.45) is 11.3 Å². The minimum atomic E-state index is 0.179. The van der Waals surface area contributed by atoms with E-state index in [2.05, 4.69) is 87.2 Å². The molecule has 0 radical (unpaired) electrons. The molecule has 0 unspecified atom stereocenters. The molecule has 1 heterocycles. The van der Waals surface area contributed by atoms with Crippen molar-refractivity contribution < 1.29 is 4.74 Å². The molecule has 0 aromatic rings. The molecule has 3 aliphatic rings. The first-order valence-corrected chi connectivity index (χ1v) is 24.2. The van der Waals surface area contributed by atoms with Crippen LogP contribution < -0.4 is 10.6 Å².